The van der Waals surface area contributed by atoms with Crippen molar-refractivity contribution >= 4 is 63.9 Å². The van der Waals surface area contributed by atoms with E-state index < -0.39 is 11.8 Å². The van der Waals surface area contributed by atoms with Crippen LogP contribution in [0, 0.1) is 6.92 Å². The molecule has 0 spiro atoms. The Kier molecular flexibility index (Phi) is 5.86. The van der Waals surface area contributed by atoms with Crippen molar-refractivity contribution in [1.29, 1.82) is 0 Å². The molecule has 1 aromatic heterocycles. The SMILES string of the molecule is Cc1onc(-c2c(Cl)cccc2Cl)c1C(=O)Nc1cc(C(N)=O)c(Cl)cc1Cl. The molecule has 2 amide bonds. The number of nitrogens with one attached hydrogen (secondary N) is 1. The molecule has 1 heterocycles. The van der Waals surface area contributed by atoms with Gasteiger partial charge in [-0.05, 0) is 31.2 Å². The van der Waals surface area contributed by atoms with Crippen LogP contribution in [-0.2, 0) is 0 Å². The number of nitrogens with two attached hydrogens (primary N) is 1. The molecule has 0 unspecified atom stereocenters. The molecule has 0 saturated heterocycles. The Balaban J connectivity index is 2.05. The van der Waals surface area contributed by atoms with Crippen LogP contribution in [0.2, 0.25) is 20.1 Å². The van der Waals surface area contributed by atoms with Gasteiger partial charge < -0.3 is 15.6 Å². The molecular weight excluding hydrogens is 448 g/mol. The van der Waals surface area contributed by atoms with Crippen LogP contribution in [0.25, 0.3) is 11.3 Å². The van der Waals surface area contributed by atoms with Gasteiger partial charge in [-0.2, -0.15) is 0 Å². The van der Waals surface area contributed by atoms with Crippen LogP contribution >= 0.6 is 46.4 Å². The Labute approximate surface area is 179 Å². The van der Waals surface area contributed by atoms with Gasteiger partial charge in [-0.3, -0.25) is 9.59 Å². The number of rotatable bonds is 4. The maximum atomic E-state index is 12.9. The summed E-state index contributed by atoms with van der Waals surface area (Å²) in [4.78, 5) is 24.4. The van der Waals surface area contributed by atoms with Gasteiger partial charge in [0.1, 0.15) is 17.0 Å². The van der Waals surface area contributed by atoms with Gasteiger partial charge >= 0.3 is 0 Å². The quantitative estimate of drug-likeness (QED) is 0.530. The first-order chi connectivity index (χ1) is 13.2. The molecule has 0 saturated carbocycles. The lowest BCUT2D eigenvalue weighted by Crippen LogP contribution is -2.16. The minimum absolute atomic E-state index is 0.0118. The monoisotopic (exact) mass is 457 g/mol. The molecule has 0 aliphatic heterocycles. The third kappa shape index (κ3) is 3.82. The summed E-state index contributed by atoms with van der Waals surface area (Å²) in [5.74, 6) is -1.12. The van der Waals surface area contributed by atoms with Crippen molar-refractivity contribution in [1.82, 2.24) is 5.16 Å². The second kappa shape index (κ2) is 8.01. The van der Waals surface area contributed by atoms with Crippen molar-refractivity contribution in [2.45, 2.75) is 6.92 Å². The van der Waals surface area contributed by atoms with E-state index in [1.165, 1.54) is 12.1 Å². The van der Waals surface area contributed by atoms with Gasteiger partial charge in [0, 0.05) is 5.56 Å². The number of aryl methyl sites for hydroxylation is 1. The van der Waals surface area contributed by atoms with Gasteiger partial charge in [0.05, 0.1) is 31.3 Å². The van der Waals surface area contributed by atoms with Crippen LogP contribution < -0.4 is 11.1 Å². The highest BCUT2D eigenvalue weighted by molar-refractivity contribution is 6.40. The number of amides is 2. The molecule has 0 bridgehead atoms. The summed E-state index contributed by atoms with van der Waals surface area (Å²) in [6.07, 6.45) is 0. The van der Waals surface area contributed by atoms with Crippen LogP contribution in [0.3, 0.4) is 0 Å². The van der Waals surface area contributed by atoms with Crippen molar-refractivity contribution in [2.24, 2.45) is 5.73 Å². The summed E-state index contributed by atoms with van der Waals surface area (Å²) in [5.41, 5.74) is 6.07. The van der Waals surface area contributed by atoms with Crippen molar-refractivity contribution < 1.29 is 14.1 Å². The van der Waals surface area contributed by atoms with E-state index in [1.54, 1.807) is 25.1 Å². The number of hydrogen-bond acceptors (Lipinski definition) is 4. The molecule has 0 aliphatic carbocycles. The zero-order valence-electron chi connectivity index (χ0n) is 14.1. The van der Waals surface area contributed by atoms with E-state index in [0.717, 1.165) is 0 Å². The largest absolute Gasteiger partial charge is 0.366 e. The molecule has 0 radical (unpaired) electrons. The van der Waals surface area contributed by atoms with E-state index in [4.69, 9.17) is 56.7 Å². The van der Waals surface area contributed by atoms with E-state index in [2.05, 4.69) is 10.5 Å². The minimum Gasteiger partial charge on any atom is -0.366 e. The zero-order chi connectivity index (χ0) is 20.6. The number of primary amides is 1. The Morgan fingerprint density at radius 2 is 1.68 bits per heavy atom. The topological polar surface area (TPSA) is 98.2 Å². The summed E-state index contributed by atoms with van der Waals surface area (Å²) in [6, 6.07) is 7.49. The number of benzene rings is 2. The Morgan fingerprint density at radius 1 is 1.04 bits per heavy atom. The standard InChI is InChI=1S/C18H11Cl4N3O3/c1-7-14(16(25-28-7)15-9(19)3-2-4-10(15)20)18(27)24-13-5-8(17(23)26)11(21)6-12(13)22/h2-6H,1H3,(H2,23,26)(H,24,27). The Bertz CT molecular complexity index is 1090. The second-order valence-electron chi connectivity index (χ2n) is 5.69. The van der Waals surface area contributed by atoms with Gasteiger partial charge in [-0.1, -0.05) is 57.6 Å². The number of carbonyl (C=O) groups is 2. The second-order valence-corrected chi connectivity index (χ2v) is 7.32. The average Bonchev–Trinajstić information content (AvgIpc) is 2.98. The van der Waals surface area contributed by atoms with Crippen molar-refractivity contribution in [2.75, 3.05) is 5.32 Å². The molecule has 0 atom stereocenters. The molecular formula is C18H11Cl4N3O3. The van der Waals surface area contributed by atoms with Crippen LogP contribution in [0.15, 0.2) is 34.9 Å². The molecule has 2 aromatic carbocycles. The van der Waals surface area contributed by atoms with Crippen LogP contribution in [0.4, 0.5) is 5.69 Å². The predicted molar refractivity (Wildman–Crippen MR) is 110 cm³/mol. The summed E-state index contributed by atoms with van der Waals surface area (Å²) >= 11 is 24.5. The third-order valence-corrected chi connectivity index (χ3v) is 5.12. The fraction of sp³-hybridized carbons (Fsp3) is 0.0556. The average molecular weight is 459 g/mol. The lowest BCUT2D eigenvalue weighted by atomic mass is 10.1. The summed E-state index contributed by atoms with van der Waals surface area (Å²) in [5, 5.41) is 7.31. The number of hydrogen-bond donors (Lipinski definition) is 2. The van der Waals surface area contributed by atoms with E-state index in [-0.39, 0.29) is 38.3 Å². The highest BCUT2D eigenvalue weighted by atomic mass is 35.5. The fourth-order valence-electron chi connectivity index (χ4n) is 2.55. The number of nitrogens with zero attached hydrogens (tertiary/aromatic N) is 1. The molecule has 3 aromatic rings. The van der Waals surface area contributed by atoms with Gasteiger partial charge in [-0.15, -0.1) is 0 Å². The molecule has 28 heavy (non-hydrogen) atoms. The van der Waals surface area contributed by atoms with Crippen LogP contribution in [0.5, 0.6) is 0 Å². The Hall–Kier alpha value is -2.25. The van der Waals surface area contributed by atoms with Crippen molar-refractivity contribution in [3.05, 3.63) is 67.3 Å². The highest BCUT2D eigenvalue weighted by Crippen LogP contribution is 2.37. The van der Waals surface area contributed by atoms with Crippen LogP contribution in [0.1, 0.15) is 26.5 Å². The first-order valence-corrected chi connectivity index (χ1v) is 9.22. The molecule has 3 rings (SSSR count). The first kappa shape index (κ1) is 20.5. The number of aromatic nitrogens is 1. The lowest BCUT2D eigenvalue weighted by molar-refractivity contribution is 0.0996. The van der Waals surface area contributed by atoms with E-state index in [9.17, 15) is 9.59 Å². The maximum absolute atomic E-state index is 12.9. The molecule has 144 valence electrons. The van der Waals surface area contributed by atoms with E-state index in [1.807, 2.05) is 0 Å². The maximum Gasteiger partial charge on any atom is 0.261 e. The van der Waals surface area contributed by atoms with Gasteiger partial charge in [0.15, 0.2) is 0 Å². The smallest absolute Gasteiger partial charge is 0.261 e. The molecule has 0 aliphatic rings. The number of halogens is 4. The van der Waals surface area contributed by atoms with Gasteiger partial charge in [-0.25, -0.2) is 0 Å². The normalized spacial score (nSPS) is 10.8. The van der Waals surface area contributed by atoms with E-state index >= 15 is 0 Å². The summed E-state index contributed by atoms with van der Waals surface area (Å²) in [6.45, 7) is 1.56. The van der Waals surface area contributed by atoms with E-state index in [0.29, 0.717) is 15.6 Å². The third-order valence-electron chi connectivity index (χ3n) is 3.86. The first-order valence-electron chi connectivity index (χ1n) is 7.71. The number of anilines is 1. The number of carbonyl (C=O) groups excluding carboxylic acids is 2. The highest BCUT2D eigenvalue weighted by Gasteiger charge is 2.25. The summed E-state index contributed by atoms with van der Waals surface area (Å²) in [7, 11) is 0. The Morgan fingerprint density at radius 3 is 2.29 bits per heavy atom. The zero-order valence-corrected chi connectivity index (χ0v) is 17.2. The van der Waals surface area contributed by atoms with Crippen molar-refractivity contribution in [3.63, 3.8) is 0 Å². The van der Waals surface area contributed by atoms with Crippen LogP contribution in [-0.4, -0.2) is 17.0 Å². The fourth-order valence-corrected chi connectivity index (χ4v) is 3.65. The molecule has 3 N–H and O–H groups in total. The molecule has 10 heteroatoms. The molecule has 6 nitrogen and oxygen atoms in total. The lowest BCUT2D eigenvalue weighted by Gasteiger charge is -2.11. The summed E-state index contributed by atoms with van der Waals surface area (Å²) < 4.78 is 5.17. The van der Waals surface area contributed by atoms with Gasteiger partial charge in [0.2, 0.25) is 5.91 Å². The van der Waals surface area contributed by atoms with Crippen molar-refractivity contribution in [3.8, 4) is 11.3 Å². The predicted octanol–water partition coefficient (Wildman–Crippen LogP) is 5.61. The van der Waals surface area contributed by atoms with Gasteiger partial charge in [0.25, 0.3) is 5.91 Å². The molecule has 0 fully saturated rings. The minimum atomic E-state index is -0.762.